The summed E-state index contributed by atoms with van der Waals surface area (Å²) in [6, 6.07) is 9.78. The van der Waals surface area contributed by atoms with Gasteiger partial charge in [-0.1, -0.05) is 35.5 Å². The van der Waals surface area contributed by atoms with Crippen LogP contribution in [0.15, 0.2) is 34.9 Å². The molecule has 1 aromatic heterocycles. The lowest BCUT2D eigenvalue weighted by atomic mass is 10.1. The van der Waals surface area contributed by atoms with Gasteiger partial charge in [0, 0.05) is 0 Å². The second-order valence-corrected chi connectivity index (χ2v) is 6.71. The van der Waals surface area contributed by atoms with E-state index in [1.165, 1.54) is 0 Å². The van der Waals surface area contributed by atoms with Crippen LogP contribution in [0.2, 0.25) is 0 Å². The van der Waals surface area contributed by atoms with Gasteiger partial charge in [-0.15, -0.1) is 0 Å². The molecule has 7 nitrogen and oxygen atoms in total. The Labute approximate surface area is 151 Å². The largest absolute Gasteiger partial charge is 0.370 e. The molecule has 1 amide bonds. The zero-order chi connectivity index (χ0) is 18.1. The second-order valence-electron chi connectivity index (χ2n) is 6.71. The maximum Gasteiger partial charge on any atom is 0.257 e. The van der Waals surface area contributed by atoms with E-state index in [-0.39, 0.29) is 30.3 Å². The summed E-state index contributed by atoms with van der Waals surface area (Å²) in [7, 11) is 0. The number of ether oxygens (including phenoxy) is 3. The average Bonchev–Trinajstić information content (AvgIpc) is 3.31. The summed E-state index contributed by atoms with van der Waals surface area (Å²) in [5.41, 5.74) is 2.16. The van der Waals surface area contributed by atoms with Gasteiger partial charge < -0.3 is 24.1 Å². The number of benzene rings is 1. The quantitative estimate of drug-likeness (QED) is 0.877. The van der Waals surface area contributed by atoms with Crippen molar-refractivity contribution in [2.24, 2.45) is 0 Å². The van der Waals surface area contributed by atoms with Crippen LogP contribution in [-0.2, 0) is 20.8 Å². The highest BCUT2D eigenvalue weighted by atomic mass is 16.6. The van der Waals surface area contributed by atoms with Crippen molar-refractivity contribution in [3.8, 4) is 0 Å². The predicted octanol–water partition coefficient (Wildman–Crippen LogP) is 1.77. The van der Waals surface area contributed by atoms with E-state index in [4.69, 9.17) is 18.7 Å². The Morgan fingerprint density at radius 2 is 1.96 bits per heavy atom. The molecule has 2 fully saturated rings. The number of carbonyl (C=O) groups is 1. The summed E-state index contributed by atoms with van der Waals surface area (Å²) in [5.74, 6) is 0.291. The van der Waals surface area contributed by atoms with Crippen molar-refractivity contribution in [1.82, 2.24) is 10.5 Å². The minimum absolute atomic E-state index is 0.138. The molecule has 2 saturated heterocycles. The first-order valence-electron chi connectivity index (χ1n) is 8.76. The fraction of sp³-hybridized carbons (Fsp3) is 0.474. The number of nitrogens with zero attached hydrogens (tertiary/aromatic N) is 1. The Morgan fingerprint density at radius 3 is 2.69 bits per heavy atom. The van der Waals surface area contributed by atoms with Crippen LogP contribution in [0.1, 0.15) is 27.4 Å². The molecule has 0 spiro atoms. The molecule has 3 heterocycles. The minimum Gasteiger partial charge on any atom is -0.370 e. The molecule has 2 aromatic rings. The van der Waals surface area contributed by atoms with Crippen LogP contribution >= 0.6 is 0 Å². The molecule has 0 unspecified atom stereocenters. The Hall–Kier alpha value is -2.22. The van der Waals surface area contributed by atoms with Gasteiger partial charge in [0.15, 0.2) is 0 Å². The van der Waals surface area contributed by atoms with Gasteiger partial charge in [-0.05, 0) is 19.4 Å². The Bertz CT molecular complexity index is 756. The molecular formula is C19H22N2O5. The first kappa shape index (κ1) is 17.2. The summed E-state index contributed by atoms with van der Waals surface area (Å²) in [6.07, 6.45) is -0.518. The zero-order valence-electron chi connectivity index (χ0n) is 14.8. The number of amides is 1. The van der Waals surface area contributed by atoms with Crippen LogP contribution in [0.5, 0.6) is 0 Å². The number of rotatable bonds is 5. The first-order chi connectivity index (χ1) is 12.6. The molecular weight excluding hydrogens is 336 g/mol. The monoisotopic (exact) mass is 358 g/mol. The maximum absolute atomic E-state index is 12.5. The number of hydrogen-bond donors (Lipinski definition) is 1. The van der Waals surface area contributed by atoms with Crippen molar-refractivity contribution < 1.29 is 23.5 Å². The predicted molar refractivity (Wildman–Crippen MR) is 91.7 cm³/mol. The Kier molecular flexibility index (Phi) is 4.76. The van der Waals surface area contributed by atoms with E-state index >= 15 is 0 Å². The molecule has 0 aliphatic carbocycles. The third-order valence-corrected chi connectivity index (χ3v) is 4.89. The number of nitrogens with one attached hydrogen (secondary N) is 1. The molecule has 4 rings (SSSR count). The zero-order valence-corrected chi connectivity index (χ0v) is 14.8. The summed E-state index contributed by atoms with van der Waals surface area (Å²) in [4.78, 5) is 12.5. The third-order valence-electron chi connectivity index (χ3n) is 4.89. The summed E-state index contributed by atoms with van der Waals surface area (Å²) >= 11 is 0. The number of aryl methyl sites for hydroxylation is 2. The van der Waals surface area contributed by atoms with Gasteiger partial charge in [-0.2, -0.15) is 0 Å². The highest BCUT2D eigenvalue weighted by Gasteiger charge is 2.49. The van der Waals surface area contributed by atoms with Gasteiger partial charge in [-0.25, -0.2) is 0 Å². The van der Waals surface area contributed by atoms with E-state index in [1.807, 2.05) is 30.3 Å². The van der Waals surface area contributed by atoms with Crippen LogP contribution in [0.3, 0.4) is 0 Å². The van der Waals surface area contributed by atoms with Crippen LogP contribution < -0.4 is 5.32 Å². The van der Waals surface area contributed by atoms with E-state index in [2.05, 4.69) is 10.5 Å². The van der Waals surface area contributed by atoms with Crippen molar-refractivity contribution in [2.45, 2.75) is 44.8 Å². The topological polar surface area (TPSA) is 82.8 Å². The Balaban J connectivity index is 1.35. The number of aromatic nitrogens is 1. The van der Waals surface area contributed by atoms with Gasteiger partial charge in [-0.3, -0.25) is 4.79 Å². The van der Waals surface area contributed by atoms with Crippen molar-refractivity contribution in [1.29, 1.82) is 0 Å². The number of hydrogen-bond acceptors (Lipinski definition) is 6. The highest BCUT2D eigenvalue weighted by molar-refractivity contribution is 5.96. The average molecular weight is 358 g/mol. The SMILES string of the molecule is Cc1noc(C)c1C(=O)N[C@H]1CO[C@H]2[C@@H]1OC[C@H]2OCc1ccccc1. The lowest BCUT2D eigenvalue weighted by Crippen LogP contribution is -2.44. The normalized spacial score (nSPS) is 27.5. The van der Waals surface area contributed by atoms with Gasteiger partial charge in [0.05, 0.1) is 31.6 Å². The lowest BCUT2D eigenvalue weighted by Gasteiger charge is -2.18. The van der Waals surface area contributed by atoms with E-state index in [0.717, 1.165) is 5.56 Å². The van der Waals surface area contributed by atoms with Crippen molar-refractivity contribution in [3.63, 3.8) is 0 Å². The molecule has 0 saturated carbocycles. The molecule has 7 heteroatoms. The maximum atomic E-state index is 12.5. The minimum atomic E-state index is -0.216. The fourth-order valence-electron chi connectivity index (χ4n) is 3.56. The summed E-state index contributed by atoms with van der Waals surface area (Å²) in [6.45, 7) is 4.84. The summed E-state index contributed by atoms with van der Waals surface area (Å²) < 4.78 is 22.8. The third kappa shape index (κ3) is 3.25. The molecule has 26 heavy (non-hydrogen) atoms. The molecule has 2 aliphatic rings. The first-order valence-corrected chi connectivity index (χ1v) is 8.76. The van der Waals surface area contributed by atoms with Gasteiger partial charge in [0.25, 0.3) is 5.91 Å². The van der Waals surface area contributed by atoms with E-state index in [9.17, 15) is 4.79 Å². The van der Waals surface area contributed by atoms with Crippen LogP contribution in [0, 0.1) is 13.8 Å². The van der Waals surface area contributed by atoms with Crippen molar-refractivity contribution in [3.05, 3.63) is 52.9 Å². The van der Waals surface area contributed by atoms with Crippen LogP contribution in [-0.4, -0.2) is 48.6 Å². The van der Waals surface area contributed by atoms with E-state index in [1.54, 1.807) is 13.8 Å². The summed E-state index contributed by atoms with van der Waals surface area (Å²) in [5, 5.41) is 6.81. The number of carbonyl (C=O) groups excluding carboxylic acids is 1. The van der Waals surface area contributed by atoms with E-state index in [0.29, 0.717) is 36.8 Å². The molecule has 0 radical (unpaired) electrons. The second kappa shape index (κ2) is 7.19. The van der Waals surface area contributed by atoms with Crippen molar-refractivity contribution in [2.75, 3.05) is 13.2 Å². The molecule has 0 bridgehead atoms. The lowest BCUT2D eigenvalue weighted by molar-refractivity contribution is -0.0392. The van der Waals surface area contributed by atoms with E-state index < -0.39 is 0 Å². The van der Waals surface area contributed by atoms with Gasteiger partial charge in [0.1, 0.15) is 29.6 Å². The van der Waals surface area contributed by atoms with Gasteiger partial charge >= 0.3 is 0 Å². The Morgan fingerprint density at radius 1 is 1.19 bits per heavy atom. The molecule has 1 N–H and O–H groups in total. The number of fused-ring (bicyclic) bond motifs is 1. The molecule has 2 aliphatic heterocycles. The molecule has 138 valence electrons. The standard InChI is InChI=1S/C19H22N2O5/c1-11-16(12(2)26-21-11)19(22)20-14-9-24-18-15(10-25-17(14)18)23-8-13-6-4-3-5-7-13/h3-7,14-15,17-18H,8-10H2,1-2H3,(H,20,22)/t14-,15+,17+,18+/m0/s1. The van der Waals surface area contributed by atoms with Crippen LogP contribution in [0.4, 0.5) is 0 Å². The van der Waals surface area contributed by atoms with Gasteiger partial charge in [0.2, 0.25) is 0 Å². The van der Waals surface area contributed by atoms with Crippen molar-refractivity contribution >= 4 is 5.91 Å². The fourth-order valence-corrected chi connectivity index (χ4v) is 3.56. The smallest absolute Gasteiger partial charge is 0.257 e. The highest BCUT2D eigenvalue weighted by Crippen LogP contribution is 2.29. The van der Waals surface area contributed by atoms with Crippen LogP contribution in [0.25, 0.3) is 0 Å². The molecule has 1 aromatic carbocycles. The molecule has 4 atom stereocenters.